The van der Waals surface area contributed by atoms with Gasteiger partial charge < -0.3 is 14.9 Å². The predicted molar refractivity (Wildman–Crippen MR) is 90.1 cm³/mol. The van der Waals surface area contributed by atoms with Gasteiger partial charge in [-0.15, -0.1) is 0 Å². The number of aryl methyl sites for hydroxylation is 1. The van der Waals surface area contributed by atoms with Gasteiger partial charge >= 0.3 is 5.69 Å². The van der Waals surface area contributed by atoms with Crippen molar-refractivity contribution in [1.29, 1.82) is 0 Å². The van der Waals surface area contributed by atoms with Crippen LogP contribution in [-0.4, -0.2) is 38.6 Å². The highest BCUT2D eigenvalue weighted by atomic mass is 16.5. The highest BCUT2D eigenvalue weighted by Crippen LogP contribution is 2.27. The fourth-order valence-electron chi connectivity index (χ4n) is 2.61. The Labute approximate surface area is 143 Å². The van der Waals surface area contributed by atoms with Crippen molar-refractivity contribution in [2.24, 2.45) is 0 Å². The molecule has 25 heavy (non-hydrogen) atoms. The van der Waals surface area contributed by atoms with Gasteiger partial charge in [0.05, 0.1) is 12.7 Å². The standard InChI is InChI=1S/C18H18N2O5/c1-11-2-4-12(5-3-11)6-7-13-9-20(18(24)19-17(13)23)16-8-14(22)15(10-21)25-16/h2-5,9,14-16,21-22H,8,10H2,1H3,(H,19,23,24)/t14-,15+,16+/m0/s1. The number of benzene rings is 1. The Morgan fingerprint density at radius 2 is 2.00 bits per heavy atom. The Morgan fingerprint density at radius 1 is 1.28 bits per heavy atom. The molecule has 0 spiro atoms. The molecule has 1 aliphatic rings. The predicted octanol–water partition coefficient (Wildman–Crippen LogP) is -0.114. The van der Waals surface area contributed by atoms with Crippen molar-refractivity contribution < 1.29 is 14.9 Å². The summed E-state index contributed by atoms with van der Waals surface area (Å²) < 4.78 is 6.63. The van der Waals surface area contributed by atoms with Gasteiger partial charge in [0.15, 0.2) is 0 Å². The second-order valence-corrected chi connectivity index (χ2v) is 5.94. The number of hydrogen-bond acceptors (Lipinski definition) is 5. The van der Waals surface area contributed by atoms with Crippen LogP contribution in [0.5, 0.6) is 0 Å². The molecule has 0 amide bonds. The molecule has 0 bridgehead atoms. The number of ether oxygens (including phenoxy) is 1. The molecule has 1 aromatic carbocycles. The van der Waals surface area contributed by atoms with Crippen molar-refractivity contribution >= 4 is 0 Å². The lowest BCUT2D eigenvalue weighted by molar-refractivity contribution is -0.0459. The normalized spacial score (nSPS) is 22.4. The maximum absolute atomic E-state index is 12.0. The van der Waals surface area contributed by atoms with Crippen molar-refractivity contribution in [1.82, 2.24) is 9.55 Å². The van der Waals surface area contributed by atoms with Gasteiger partial charge in [0.25, 0.3) is 5.56 Å². The molecule has 1 fully saturated rings. The first-order valence-electron chi connectivity index (χ1n) is 7.86. The molecule has 1 aromatic heterocycles. The van der Waals surface area contributed by atoms with Gasteiger partial charge in [-0.2, -0.15) is 0 Å². The third kappa shape index (κ3) is 3.72. The lowest BCUT2D eigenvalue weighted by atomic mass is 10.1. The van der Waals surface area contributed by atoms with Crippen LogP contribution in [0.15, 0.2) is 40.1 Å². The fourth-order valence-corrected chi connectivity index (χ4v) is 2.61. The maximum atomic E-state index is 12.0. The molecule has 0 unspecified atom stereocenters. The number of hydrogen-bond donors (Lipinski definition) is 3. The molecule has 1 aliphatic heterocycles. The van der Waals surface area contributed by atoms with Crippen molar-refractivity contribution in [3.05, 3.63) is 68.0 Å². The van der Waals surface area contributed by atoms with E-state index in [0.717, 1.165) is 11.1 Å². The van der Waals surface area contributed by atoms with E-state index in [-0.39, 0.29) is 18.6 Å². The van der Waals surface area contributed by atoms with Gasteiger partial charge in [-0.3, -0.25) is 14.3 Å². The van der Waals surface area contributed by atoms with Crippen LogP contribution in [0.4, 0.5) is 0 Å². The molecule has 3 rings (SSSR count). The van der Waals surface area contributed by atoms with Gasteiger partial charge in [0.2, 0.25) is 0 Å². The molecule has 130 valence electrons. The maximum Gasteiger partial charge on any atom is 0.330 e. The first-order valence-corrected chi connectivity index (χ1v) is 7.86. The lowest BCUT2D eigenvalue weighted by Gasteiger charge is -2.14. The Bertz CT molecular complexity index is 933. The van der Waals surface area contributed by atoms with E-state index < -0.39 is 29.7 Å². The van der Waals surface area contributed by atoms with E-state index in [0.29, 0.717) is 0 Å². The van der Waals surface area contributed by atoms with E-state index in [1.807, 2.05) is 31.2 Å². The third-order valence-electron chi connectivity index (χ3n) is 4.06. The monoisotopic (exact) mass is 342 g/mol. The zero-order valence-corrected chi connectivity index (χ0v) is 13.6. The van der Waals surface area contributed by atoms with E-state index in [4.69, 9.17) is 9.84 Å². The van der Waals surface area contributed by atoms with E-state index >= 15 is 0 Å². The second kappa shape index (κ2) is 7.07. The minimum atomic E-state index is -0.879. The summed E-state index contributed by atoms with van der Waals surface area (Å²) in [5.41, 5.74) is 0.730. The zero-order valence-electron chi connectivity index (χ0n) is 13.6. The van der Waals surface area contributed by atoms with Crippen molar-refractivity contribution in [3.63, 3.8) is 0 Å². The minimum Gasteiger partial charge on any atom is -0.394 e. The van der Waals surface area contributed by atoms with Gasteiger partial charge in [0.1, 0.15) is 17.9 Å². The van der Waals surface area contributed by atoms with Crippen molar-refractivity contribution in [3.8, 4) is 11.8 Å². The molecule has 0 radical (unpaired) electrons. The van der Waals surface area contributed by atoms with Crippen LogP contribution >= 0.6 is 0 Å². The lowest BCUT2D eigenvalue weighted by Crippen LogP contribution is -2.33. The summed E-state index contributed by atoms with van der Waals surface area (Å²) in [6.07, 6.45) is -0.945. The summed E-state index contributed by atoms with van der Waals surface area (Å²) in [6, 6.07) is 7.51. The molecule has 7 heteroatoms. The topological polar surface area (TPSA) is 105 Å². The first-order chi connectivity index (χ1) is 12.0. The summed E-state index contributed by atoms with van der Waals surface area (Å²) in [5, 5.41) is 19.0. The highest BCUT2D eigenvalue weighted by molar-refractivity contribution is 5.41. The number of rotatable bonds is 2. The summed E-state index contributed by atoms with van der Waals surface area (Å²) in [6.45, 7) is 1.61. The van der Waals surface area contributed by atoms with Gasteiger partial charge in [-0.05, 0) is 19.1 Å². The largest absolute Gasteiger partial charge is 0.394 e. The second-order valence-electron chi connectivity index (χ2n) is 5.94. The van der Waals surface area contributed by atoms with Gasteiger partial charge in [0, 0.05) is 18.2 Å². The van der Waals surface area contributed by atoms with Crippen LogP contribution in [-0.2, 0) is 4.74 Å². The van der Waals surface area contributed by atoms with Crippen LogP contribution in [0, 0.1) is 18.8 Å². The number of aliphatic hydroxyl groups excluding tert-OH is 2. The summed E-state index contributed by atoms with van der Waals surface area (Å²) in [7, 11) is 0. The molecule has 3 atom stereocenters. The number of H-pyrrole nitrogens is 1. The van der Waals surface area contributed by atoms with E-state index in [2.05, 4.69) is 16.8 Å². The smallest absolute Gasteiger partial charge is 0.330 e. The molecule has 1 saturated heterocycles. The van der Waals surface area contributed by atoms with Crippen LogP contribution in [0.3, 0.4) is 0 Å². The number of nitrogens with zero attached hydrogens (tertiary/aromatic N) is 1. The molecule has 0 saturated carbocycles. The first kappa shape index (κ1) is 17.2. The molecule has 3 N–H and O–H groups in total. The number of nitrogens with one attached hydrogen (secondary N) is 1. The average molecular weight is 342 g/mol. The van der Waals surface area contributed by atoms with Crippen molar-refractivity contribution in [2.75, 3.05) is 6.61 Å². The SMILES string of the molecule is Cc1ccc(C#Cc2cn([C@H]3C[C@H](O)[C@@H](CO)O3)c(=O)[nH]c2=O)cc1. The van der Waals surface area contributed by atoms with E-state index in [1.165, 1.54) is 10.8 Å². The molecule has 2 heterocycles. The molecular weight excluding hydrogens is 324 g/mol. The summed E-state index contributed by atoms with van der Waals surface area (Å²) >= 11 is 0. The highest BCUT2D eigenvalue weighted by Gasteiger charge is 2.35. The molecule has 7 nitrogen and oxygen atoms in total. The summed E-state index contributed by atoms with van der Waals surface area (Å²) in [5.74, 6) is 5.63. The Kier molecular flexibility index (Phi) is 4.86. The third-order valence-corrected chi connectivity index (χ3v) is 4.06. The zero-order chi connectivity index (χ0) is 18.0. The van der Waals surface area contributed by atoms with Crippen LogP contribution in [0.25, 0.3) is 0 Å². The molecular formula is C18H18N2O5. The average Bonchev–Trinajstić information content (AvgIpc) is 2.96. The van der Waals surface area contributed by atoms with Crippen LogP contribution in [0.2, 0.25) is 0 Å². The number of aromatic nitrogens is 2. The molecule has 2 aromatic rings. The van der Waals surface area contributed by atoms with Crippen LogP contribution in [0.1, 0.15) is 29.3 Å². The van der Waals surface area contributed by atoms with Crippen molar-refractivity contribution in [2.45, 2.75) is 31.8 Å². The minimum absolute atomic E-state index is 0.116. The van der Waals surface area contributed by atoms with E-state index in [1.54, 1.807) is 0 Å². The Hall–Kier alpha value is -2.66. The molecule has 0 aliphatic carbocycles. The van der Waals surface area contributed by atoms with Gasteiger partial charge in [-0.1, -0.05) is 29.5 Å². The van der Waals surface area contributed by atoms with Gasteiger partial charge in [-0.25, -0.2) is 4.79 Å². The van der Waals surface area contributed by atoms with Crippen LogP contribution < -0.4 is 11.2 Å². The fraction of sp³-hybridized carbons (Fsp3) is 0.333. The van der Waals surface area contributed by atoms with E-state index in [9.17, 15) is 14.7 Å². The Morgan fingerprint density at radius 3 is 2.64 bits per heavy atom. The number of aliphatic hydroxyl groups is 2. The Balaban J connectivity index is 1.93. The number of aromatic amines is 1. The quantitative estimate of drug-likeness (QED) is 0.661. The summed E-state index contributed by atoms with van der Waals surface area (Å²) in [4.78, 5) is 26.2.